The number of nitrogens with zero attached hydrogens (tertiary/aromatic N) is 1. The number of carbonyl (C=O) groups is 2. The SMILES string of the molecule is Cc1ccc(CCC(=O)NCc2cccc(NC(=O)CC#N)c2)cc1. The van der Waals surface area contributed by atoms with Gasteiger partial charge in [-0.2, -0.15) is 5.26 Å². The lowest BCUT2D eigenvalue weighted by Gasteiger charge is -2.08. The van der Waals surface area contributed by atoms with E-state index in [2.05, 4.69) is 10.6 Å². The summed E-state index contributed by atoms with van der Waals surface area (Å²) in [6, 6.07) is 17.2. The molecule has 2 aromatic carbocycles. The van der Waals surface area contributed by atoms with E-state index in [1.807, 2.05) is 37.3 Å². The van der Waals surface area contributed by atoms with Gasteiger partial charge < -0.3 is 10.6 Å². The van der Waals surface area contributed by atoms with Gasteiger partial charge in [0, 0.05) is 18.7 Å². The maximum absolute atomic E-state index is 12.0. The zero-order valence-electron chi connectivity index (χ0n) is 14.2. The molecule has 2 amide bonds. The van der Waals surface area contributed by atoms with E-state index >= 15 is 0 Å². The molecule has 128 valence electrons. The molecule has 5 nitrogen and oxygen atoms in total. The van der Waals surface area contributed by atoms with Crippen molar-refractivity contribution in [3.63, 3.8) is 0 Å². The predicted molar refractivity (Wildman–Crippen MR) is 96.6 cm³/mol. The monoisotopic (exact) mass is 335 g/mol. The van der Waals surface area contributed by atoms with E-state index in [0.29, 0.717) is 25.1 Å². The van der Waals surface area contributed by atoms with Crippen molar-refractivity contribution in [3.05, 3.63) is 65.2 Å². The zero-order valence-corrected chi connectivity index (χ0v) is 14.2. The Hall–Kier alpha value is -3.13. The minimum absolute atomic E-state index is 0.0144. The summed E-state index contributed by atoms with van der Waals surface area (Å²) in [7, 11) is 0. The Morgan fingerprint density at radius 3 is 2.52 bits per heavy atom. The first-order valence-corrected chi connectivity index (χ1v) is 8.15. The van der Waals surface area contributed by atoms with Crippen LogP contribution in [0.5, 0.6) is 0 Å². The molecule has 0 aromatic heterocycles. The van der Waals surface area contributed by atoms with Gasteiger partial charge in [-0.1, -0.05) is 42.0 Å². The van der Waals surface area contributed by atoms with E-state index in [1.165, 1.54) is 5.56 Å². The summed E-state index contributed by atoms with van der Waals surface area (Å²) in [5, 5.41) is 14.0. The number of nitriles is 1. The number of rotatable bonds is 7. The summed E-state index contributed by atoms with van der Waals surface area (Å²) in [4.78, 5) is 23.4. The van der Waals surface area contributed by atoms with Crippen LogP contribution >= 0.6 is 0 Å². The lowest BCUT2D eigenvalue weighted by Crippen LogP contribution is -2.23. The van der Waals surface area contributed by atoms with Gasteiger partial charge in [0.2, 0.25) is 11.8 Å². The van der Waals surface area contributed by atoms with Gasteiger partial charge in [0.15, 0.2) is 0 Å². The van der Waals surface area contributed by atoms with Crippen LogP contribution in [0.1, 0.15) is 29.5 Å². The number of carbonyl (C=O) groups excluding carboxylic acids is 2. The lowest BCUT2D eigenvalue weighted by atomic mass is 10.1. The topological polar surface area (TPSA) is 82.0 Å². The van der Waals surface area contributed by atoms with Gasteiger partial charge in [0.1, 0.15) is 6.42 Å². The summed E-state index contributed by atoms with van der Waals surface area (Å²) in [5.74, 6) is -0.360. The van der Waals surface area contributed by atoms with Crippen LogP contribution in [0.25, 0.3) is 0 Å². The molecule has 0 aliphatic carbocycles. The quantitative estimate of drug-likeness (QED) is 0.816. The fourth-order valence-electron chi connectivity index (χ4n) is 2.34. The highest BCUT2D eigenvalue weighted by molar-refractivity contribution is 5.92. The molecule has 25 heavy (non-hydrogen) atoms. The Bertz CT molecular complexity index is 776. The molecule has 0 bridgehead atoms. The van der Waals surface area contributed by atoms with Crippen LogP contribution in [0.15, 0.2) is 48.5 Å². The third-order valence-corrected chi connectivity index (χ3v) is 3.70. The van der Waals surface area contributed by atoms with Crippen LogP contribution in [-0.2, 0) is 22.6 Å². The Balaban J connectivity index is 1.80. The predicted octanol–water partition coefficient (Wildman–Crippen LogP) is 3.10. The fraction of sp³-hybridized carbons (Fsp3) is 0.250. The van der Waals surface area contributed by atoms with Crippen LogP contribution < -0.4 is 10.6 Å². The maximum atomic E-state index is 12.0. The van der Waals surface area contributed by atoms with Gasteiger partial charge in [-0.25, -0.2) is 0 Å². The minimum Gasteiger partial charge on any atom is -0.352 e. The number of aryl methyl sites for hydroxylation is 2. The van der Waals surface area contributed by atoms with Crippen molar-refractivity contribution in [2.24, 2.45) is 0 Å². The molecule has 2 aromatic rings. The summed E-state index contributed by atoms with van der Waals surface area (Å²) in [6.07, 6.45) is 0.956. The molecule has 0 atom stereocenters. The third-order valence-electron chi connectivity index (χ3n) is 3.70. The molecule has 2 rings (SSSR count). The second-order valence-electron chi connectivity index (χ2n) is 5.85. The van der Waals surface area contributed by atoms with Gasteiger partial charge in [-0.15, -0.1) is 0 Å². The Morgan fingerprint density at radius 2 is 1.80 bits per heavy atom. The normalized spacial score (nSPS) is 9.92. The van der Waals surface area contributed by atoms with Gasteiger partial charge >= 0.3 is 0 Å². The largest absolute Gasteiger partial charge is 0.352 e. The second-order valence-corrected chi connectivity index (χ2v) is 5.85. The summed E-state index contributed by atoms with van der Waals surface area (Å²) in [5.41, 5.74) is 3.85. The first-order valence-electron chi connectivity index (χ1n) is 8.15. The zero-order chi connectivity index (χ0) is 18.1. The lowest BCUT2D eigenvalue weighted by molar-refractivity contribution is -0.121. The highest BCUT2D eigenvalue weighted by Crippen LogP contribution is 2.11. The molecule has 0 fully saturated rings. The van der Waals surface area contributed by atoms with E-state index in [1.54, 1.807) is 24.3 Å². The molecule has 0 radical (unpaired) electrons. The number of anilines is 1. The molecule has 5 heteroatoms. The van der Waals surface area contributed by atoms with Gasteiger partial charge in [0.25, 0.3) is 0 Å². The van der Waals surface area contributed by atoms with E-state index in [0.717, 1.165) is 11.1 Å². The third kappa shape index (κ3) is 6.48. The smallest absolute Gasteiger partial charge is 0.238 e. The molecule has 0 saturated heterocycles. The van der Waals surface area contributed by atoms with Crippen molar-refractivity contribution in [2.45, 2.75) is 32.7 Å². The average molecular weight is 335 g/mol. The standard InChI is InChI=1S/C20H21N3O2/c1-15-5-7-16(8-6-15)9-10-19(24)22-14-17-3-2-4-18(13-17)23-20(25)11-12-21/h2-8,13H,9-11,14H2,1H3,(H,22,24)(H,23,25). The first-order chi connectivity index (χ1) is 12.1. The van der Waals surface area contributed by atoms with Crippen molar-refractivity contribution >= 4 is 17.5 Å². The van der Waals surface area contributed by atoms with E-state index < -0.39 is 0 Å². The molecule has 0 saturated carbocycles. The highest BCUT2D eigenvalue weighted by atomic mass is 16.2. The molecule has 0 aliphatic heterocycles. The molecule has 0 unspecified atom stereocenters. The van der Waals surface area contributed by atoms with E-state index in [4.69, 9.17) is 5.26 Å². The Morgan fingerprint density at radius 1 is 1.04 bits per heavy atom. The van der Waals surface area contributed by atoms with E-state index in [-0.39, 0.29) is 18.2 Å². The van der Waals surface area contributed by atoms with Crippen molar-refractivity contribution in [1.29, 1.82) is 5.26 Å². The number of amides is 2. The van der Waals surface area contributed by atoms with Crippen molar-refractivity contribution < 1.29 is 9.59 Å². The van der Waals surface area contributed by atoms with E-state index in [9.17, 15) is 9.59 Å². The van der Waals surface area contributed by atoms with Crippen LogP contribution in [0, 0.1) is 18.3 Å². The summed E-state index contributed by atoms with van der Waals surface area (Å²) in [6.45, 7) is 2.43. The van der Waals surface area contributed by atoms with Crippen LogP contribution in [-0.4, -0.2) is 11.8 Å². The first kappa shape index (κ1) is 18.2. The minimum atomic E-state index is -0.346. The molecular formula is C20H21N3O2. The van der Waals surface area contributed by atoms with Gasteiger partial charge in [-0.05, 0) is 36.6 Å². The number of nitrogens with one attached hydrogen (secondary N) is 2. The molecule has 0 heterocycles. The molecule has 2 N–H and O–H groups in total. The highest BCUT2D eigenvalue weighted by Gasteiger charge is 2.05. The summed E-state index contributed by atoms with van der Waals surface area (Å²) >= 11 is 0. The van der Waals surface area contributed by atoms with Gasteiger partial charge in [0.05, 0.1) is 6.07 Å². The number of benzene rings is 2. The van der Waals surface area contributed by atoms with Crippen molar-refractivity contribution in [3.8, 4) is 6.07 Å². The number of hydrogen-bond donors (Lipinski definition) is 2. The summed E-state index contributed by atoms with van der Waals surface area (Å²) < 4.78 is 0. The molecule has 0 aliphatic rings. The maximum Gasteiger partial charge on any atom is 0.238 e. The second kappa shape index (κ2) is 9.24. The Labute approximate surface area is 147 Å². The van der Waals surface area contributed by atoms with Crippen LogP contribution in [0.3, 0.4) is 0 Å². The number of hydrogen-bond acceptors (Lipinski definition) is 3. The Kier molecular flexibility index (Phi) is 6.73. The van der Waals surface area contributed by atoms with Crippen molar-refractivity contribution in [1.82, 2.24) is 5.32 Å². The molecular weight excluding hydrogens is 314 g/mol. The average Bonchev–Trinajstić information content (AvgIpc) is 2.60. The molecule has 0 spiro atoms. The van der Waals surface area contributed by atoms with Gasteiger partial charge in [-0.3, -0.25) is 9.59 Å². The van der Waals surface area contributed by atoms with Crippen LogP contribution in [0.2, 0.25) is 0 Å². The van der Waals surface area contributed by atoms with Crippen LogP contribution in [0.4, 0.5) is 5.69 Å². The fourth-order valence-corrected chi connectivity index (χ4v) is 2.34. The van der Waals surface area contributed by atoms with Crippen molar-refractivity contribution in [2.75, 3.05) is 5.32 Å².